The fraction of sp³-hybridized carbons (Fsp3) is 0. The van der Waals surface area contributed by atoms with E-state index in [4.69, 9.17) is 0 Å². The van der Waals surface area contributed by atoms with E-state index in [0.29, 0.717) is 4.74 Å². The number of nitrogens with zero attached hydrogens (tertiary/aromatic N) is 1. The van der Waals surface area contributed by atoms with Crippen LogP contribution in [0.3, 0.4) is 0 Å². The van der Waals surface area contributed by atoms with E-state index in [2.05, 4.69) is 0 Å². The van der Waals surface area contributed by atoms with Gasteiger partial charge in [-0.25, -0.2) is 0 Å². The van der Waals surface area contributed by atoms with Gasteiger partial charge in [0, 0.05) is 12.1 Å². The van der Waals surface area contributed by atoms with Crippen molar-refractivity contribution >= 4 is 32.9 Å². The molecule has 1 aliphatic heterocycles. The Hall–Kier alpha value is -1.70. The largest absolute Gasteiger partial charge is 0.622 e. The van der Waals surface area contributed by atoms with Gasteiger partial charge in [0.25, 0.3) is 22.2 Å². The molecular formula is C8H6N2O4S. The molecule has 1 aromatic carbocycles. The van der Waals surface area contributed by atoms with E-state index < -0.39 is 20.3 Å². The molecule has 1 atom stereocenters. The highest BCUT2D eigenvalue weighted by molar-refractivity contribution is 7.74. The van der Waals surface area contributed by atoms with Crippen LogP contribution in [-0.2, 0) is 10.3 Å². The van der Waals surface area contributed by atoms with Crippen molar-refractivity contribution < 1.29 is 18.2 Å². The summed E-state index contributed by atoms with van der Waals surface area (Å²) in [4.78, 5) is -0.510. The number of quaternary nitrogens is 1. The van der Waals surface area contributed by atoms with Crippen LogP contribution < -0.4 is 5.06 Å². The van der Waals surface area contributed by atoms with Crippen LogP contribution in [0.4, 0.5) is 11.4 Å². The maximum Gasteiger partial charge on any atom is 0.321 e. The second-order valence-electron chi connectivity index (χ2n) is 2.90. The molecule has 0 aromatic heterocycles. The molecule has 0 radical (unpaired) electrons. The van der Waals surface area contributed by atoms with Crippen LogP contribution in [0, 0.1) is 10.4 Å². The number of fused-ring (bicyclic) bond motifs is 1. The number of nitrogens with one attached hydrogen (secondary N) is 1. The molecule has 0 spiro atoms. The highest BCUT2D eigenvalue weighted by Crippen LogP contribution is 2.20. The Morgan fingerprint density at radius 3 is 2.60 bits per heavy atom. The molecule has 0 saturated carbocycles. The summed E-state index contributed by atoms with van der Waals surface area (Å²) in [5.74, 6) is 0. The Kier molecular flexibility index (Phi) is 2.27. The lowest BCUT2D eigenvalue weighted by atomic mass is 10.2. The minimum atomic E-state index is -2.69. The molecule has 2 rings (SSSR count). The molecule has 0 amide bonds. The number of benzene rings is 1. The quantitative estimate of drug-likeness (QED) is 0.347. The van der Waals surface area contributed by atoms with Crippen molar-refractivity contribution in [3.63, 3.8) is 0 Å². The van der Waals surface area contributed by atoms with Gasteiger partial charge >= 0.3 is 4.99 Å². The lowest BCUT2D eigenvalue weighted by Gasteiger charge is -2.22. The molecule has 15 heavy (non-hydrogen) atoms. The highest BCUT2D eigenvalue weighted by atomic mass is 32.2. The predicted molar refractivity (Wildman–Crippen MR) is 53.7 cm³/mol. The van der Waals surface area contributed by atoms with E-state index in [9.17, 15) is 18.8 Å². The molecule has 1 aliphatic rings. The third kappa shape index (κ3) is 1.52. The van der Waals surface area contributed by atoms with Gasteiger partial charge in [0.15, 0.2) is 0 Å². The van der Waals surface area contributed by atoms with Gasteiger partial charge in [-0.15, -0.1) is 0 Å². The Labute approximate surface area is 86.4 Å². The molecule has 1 aromatic rings. The van der Waals surface area contributed by atoms with Gasteiger partial charge in [-0.3, -0.25) is 5.06 Å². The van der Waals surface area contributed by atoms with Crippen LogP contribution in [0.5, 0.6) is 0 Å². The van der Waals surface area contributed by atoms with Crippen molar-refractivity contribution in [1.29, 1.82) is 0 Å². The van der Waals surface area contributed by atoms with Gasteiger partial charge in [0.1, 0.15) is 0 Å². The molecule has 0 aliphatic carbocycles. The zero-order valence-corrected chi connectivity index (χ0v) is 8.19. The first-order chi connectivity index (χ1) is 7.11. The first kappa shape index (κ1) is 9.84. The first-order valence-corrected chi connectivity index (χ1v) is 5.10. The van der Waals surface area contributed by atoms with E-state index in [1.54, 1.807) is 12.1 Å². The molecular weight excluding hydrogens is 220 g/mol. The smallest absolute Gasteiger partial charge is 0.321 e. The number of hydroxylamine groups is 1. The van der Waals surface area contributed by atoms with E-state index in [1.165, 1.54) is 12.1 Å². The van der Waals surface area contributed by atoms with Crippen LogP contribution in [0.25, 0.3) is 0 Å². The van der Waals surface area contributed by atoms with Crippen LogP contribution in [-0.4, -0.2) is 24.4 Å². The van der Waals surface area contributed by atoms with Gasteiger partial charge in [-0.05, 0) is 0 Å². The number of para-hydroxylation sites is 2. The fourth-order valence-electron chi connectivity index (χ4n) is 1.34. The molecule has 0 bridgehead atoms. The van der Waals surface area contributed by atoms with Crippen molar-refractivity contribution in [2.45, 2.75) is 0 Å². The standard InChI is InChI=1S/C8H6N2O4S/c11-9-5-8(15(13)14)10(12)7-4-2-1-3-6(7)9/h1-5,10H. The number of hydrogen-bond acceptors (Lipinski definition) is 4. The average Bonchev–Trinajstić information content (AvgIpc) is 2.23. The lowest BCUT2D eigenvalue weighted by molar-refractivity contribution is -0.669. The molecule has 6 nitrogen and oxygen atoms in total. The molecule has 7 heteroatoms. The zero-order valence-electron chi connectivity index (χ0n) is 7.38. The average molecular weight is 226 g/mol. The topological polar surface area (TPSA) is 87.7 Å². The van der Waals surface area contributed by atoms with E-state index in [-0.39, 0.29) is 11.4 Å². The van der Waals surface area contributed by atoms with Gasteiger partial charge in [0.2, 0.25) is 5.69 Å². The zero-order chi connectivity index (χ0) is 11.0. The number of hydrogen-bond donors (Lipinski definition) is 1. The van der Waals surface area contributed by atoms with E-state index in [0.717, 1.165) is 6.21 Å². The van der Waals surface area contributed by atoms with Gasteiger partial charge in [-0.2, -0.15) is 13.2 Å². The lowest BCUT2D eigenvalue weighted by Crippen LogP contribution is -3.06. The van der Waals surface area contributed by atoms with Crippen LogP contribution >= 0.6 is 0 Å². The summed E-state index contributed by atoms with van der Waals surface area (Å²) in [6.45, 7) is 0. The minimum Gasteiger partial charge on any atom is -0.622 e. The molecule has 1 unspecified atom stereocenters. The molecule has 0 saturated heterocycles. The van der Waals surface area contributed by atoms with Crippen LogP contribution in [0.1, 0.15) is 0 Å². The monoisotopic (exact) mass is 226 g/mol. The van der Waals surface area contributed by atoms with Crippen molar-refractivity contribution in [3.8, 4) is 0 Å². The normalized spacial score (nSPS) is 19.4. The van der Waals surface area contributed by atoms with Crippen molar-refractivity contribution in [3.05, 3.63) is 34.7 Å². The second kappa shape index (κ2) is 3.46. The fourth-order valence-corrected chi connectivity index (χ4v) is 1.79. The summed E-state index contributed by atoms with van der Waals surface area (Å²) >= 11 is 0. The van der Waals surface area contributed by atoms with E-state index in [1.807, 2.05) is 0 Å². The van der Waals surface area contributed by atoms with Crippen LogP contribution in [0.15, 0.2) is 24.3 Å². The molecule has 0 fully saturated rings. The summed E-state index contributed by atoms with van der Waals surface area (Å²) in [5, 5.41) is 22.3. The van der Waals surface area contributed by atoms with Crippen molar-refractivity contribution in [2.75, 3.05) is 0 Å². The highest BCUT2D eigenvalue weighted by Gasteiger charge is 2.28. The summed E-state index contributed by atoms with van der Waals surface area (Å²) in [6, 6.07) is 6.05. The van der Waals surface area contributed by atoms with Crippen LogP contribution in [0.2, 0.25) is 0 Å². The van der Waals surface area contributed by atoms with Gasteiger partial charge in [0.05, 0.1) is 0 Å². The van der Waals surface area contributed by atoms with E-state index >= 15 is 0 Å². The maximum absolute atomic E-state index is 11.6. The summed E-state index contributed by atoms with van der Waals surface area (Å²) in [7, 11) is -2.69. The first-order valence-electron chi connectivity index (χ1n) is 4.02. The van der Waals surface area contributed by atoms with Crippen molar-refractivity contribution in [2.24, 2.45) is 0 Å². The van der Waals surface area contributed by atoms with Gasteiger partial charge < -0.3 is 10.4 Å². The second-order valence-corrected chi connectivity index (χ2v) is 3.81. The Balaban J connectivity index is 2.76. The number of rotatable bonds is 0. The maximum atomic E-state index is 11.6. The Bertz CT molecular complexity index is 568. The Morgan fingerprint density at radius 1 is 1.27 bits per heavy atom. The summed E-state index contributed by atoms with van der Waals surface area (Å²) in [6.07, 6.45) is 0.772. The molecule has 1 heterocycles. The third-order valence-electron chi connectivity index (χ3n) is 2.02. The Morgan fingerprint density at radius 2 is 1.93 bits per heavy atom. The summed E-state index contributed by atoms with van der Waals surface area (Å²) in [5.41, 5.74) is 0.269. The predicted octanol–water partition coefficient (Wildman–Crippen LogP) is -1.06. The third-order valence-corrected chi connectivity index (χ3v) is 2.67. The molecule has 78 valence electrons. The SMILES string of the molecule is O=S(=O)=C1C=[N+]([O-])c2ccccc2[NH+]1[O-]. The molecule has 1 N–H and O–H groups in total. The van der Waals surface area contributed by atoms with Crippen molar-refractivity contribution in [1.82, 2.24) is 0 Å². The minimum absolute atomic E-state index is 0.106. The van der Waals surface area contributed by atoms with Gasteiger partial charge in [-0.1, -0.05) is 12.1 Å². The summed E-state index contributed by atoms with van der Waals surface area (Å²) < 4.78 is 21.7.